The van der Waals surface area contributed by atoms with Crippen LogP contribution in [0.2, 0.25) is 0 Å². The summed E-state index contributed by atoms with van der Waals surface area (Å²) in [7, 11) is 3.21. The lowest BCUT2D eigenvalue weighted by Gasteiger charge is -2.12. The molecule has 0 saturated carbocycles. The molecule has 0 radical (unpaired) electrons. The van der Waals surface area contributed by atoms with Crippen molar-refractivity contribution in [3.63, 3.8) is 0 Å². The second kappa shape index (κ2) is 10.5. The Hall–Kier alpha value is -1.75. The second-order valence-corrected chi connectivity index (χ2v) is 6.86. The average Bonchev–Trinajstić information content (AvgIpc) is 3.33. The standard InChI is InChI=1S/C18H25N5O2S.HI/c1-24-15-6-5-13(11-16(15)25-2)21-17(19)20-8-7-14-12-26-18(22-14)23-9-3-4-10-23;/h5-6,11-12H,3-4,7-10H2,1-2H3,(H3,19,20,21);1H. The first kappa shape index (κ1) is 21.5. The van der Waals surface area contributed by atoms with Crippen molar-refractivity contribution in [1.29, 1.82) is 0 Å². The van der Waals surface area contributed by atoms with Gasteiger partial charge in [0.15, 0.2) is 22.6 Å². The van der Waals surface area contributed by atoms with Crippen molar-refractivity contribution in [2.24, 2.45) is 10.7 Å². The summed E-state index contributed by atoms with van der Waals surface area (Å²) in [6.45, 7) is 2.83. The maximum Gasteiger partial charge on any atom is 0.193 e. The molecule has 7 nitrogen and oxygen atoms in total. The number of hydrogen-bond acceptors (Lipinski definition) is 6. The molecular weight excluding hydrogens is 477 g/mol. The molecule has 1 aromatic heterocycles. The van der Waals surface area contributed by atoms with Gasteiger partial charge in [0.2, 0.25) is 0 Å². The van der Waals surface area contributed by atoms with Crippen LogP contribution in [0.4, 0.5) is 10.8 Å². The summed E-state index contributed by atoms with van der Waals surface area (Å²) in [6, 6.07) is 5.51. The topological polar surface area (TPSA) is 85.0 Å². The van der Waals surface area contributed by atoms with Gasteiger partial charge in [0, 0.05) is 43.2 Å². The number of nitrogens with zero attached hydrogens (tertiary/aromatic N) is 3. The van der Waals surface area contributed by atoms with Gasteiger partial charge < -0.3 is 25.4 Å². The van der Waals surface area contributed by atoms with E-state index in [1.807, 2.05) is 18.2 Å². The van der Waals surface area contributed by atoms with Crippen LogP contribution in [0.1, 0.15) is 18.5 Å². The summed E-state index contributed by atoms with van der Waals surface area (Å²) in [6.07, 6.45) is 3.30. The van der Waals surface area contributed by atoms with Gasteiger partial charge in [0.05, 0.1) is 19.9 Å². The van der Waals surface area contributed by atoms with Crippen LogP contribution in [0.3, 0.4) is 0 Å². The Balaban J connectivity index is 0.00000261. The molecule has 0 bridgehead atoms. The van der Waals surface area contributed by atoms with Gasteiger partial charge in [-0.3, -0.25) is 4.99 Å². The van der Waals surface area contributed by atoms with Gasteiger partial charge in [-0.25, -0.2) is 4.98 Å². The molecule has 2 heterocycles. The minimum atomic E-state index is 0. The number of thiazole rings is 1. The van der Waals surface area contributed by atoms with Crippen LogP contribution in [0.5, 0.6) is 11.5 Å². The fourth-order valence-corrected chi connectivity index (χ4v) is 3.77. The average molecular weight is 503 g/mol. The Morgan fingerprint density at radius 3 is 2.70 bits per heavy atom. The van der Waals surface area contributed by atoms with Crippen LogP contribution in [0.25, 0.3) is 0 Å². The third-order valence-corrected chi connectivity index (χ3v) is 5.17. The maximum atomic E-state index is 5.98. The lowest BCUT2D eigenvalue weighted by atomic mass is 10.3. The number of aromatic nitrogens is 1. The van der Waals surface area contributed by atoms with Crippen molar-refractivity contribution < 1.29 is 9.47 Å². The molecule has 0 amide bonds. The number of nitrogens with two attached hydrogens (primary N) is 1. The van der Waals surface area contributed by atoms with Crippen LogP contribution in [-0.2, 0) is 6.42 Å². The molecule has 9 heteroatoms. The molecule has 0 spiro atoms. The summed E-state index contributed by atoms with van der Waals surface area (Å²) in [5, 5.41) is 6.31. The highest BCUT2D eigenvalue weighted by Crippen LogP contribution is 2.29. The Morgan fingerprint density at radius 2 is 2.00 bits per heavy atom. The molecule has 0 aliphatic carbocycles. The maximum absolute atomic E-state index is 5.98. The van der Waals surface area contributed by atoms with Crippen LogP contribution in [0, 0.1) is 0 Å². The van der Waals surface area contributed by atoms with Gasteiger partial charge >= 0.3 is 0 Å². The number of hydrogen-bond donors (Lipinski definition) is 2. The van der Waals surface area contributed by atoms with Gasteiger partial charge in [0.25, 0.3) is 0 Å². The van der Waals surface area contributed by atoms with Crippen molar-refractivity contribution in [2.75, 3.05) is 44.1 Å². The summed E-state index contributed by atoms with van der Waals surface area (Å²) >= 11 is 1.71. The molecule has 0 atom stereocenters. The van der Waals surface area contributed by atoms with E-state index >= 15 is 0 Å². The highest BCUT2D eigenvalue weighted by molar-refractivity contribution is 14.0. The Morgan fingerprint density at radius 1 is 1.26 bits per heavy atom. The van der Waals surface area contributed by atoms with Gasteiger partial charge in [-0.15, -0.1) is 35.3 Å². The van der Waals surface area contributed by atoms with Crippen molar-refractivity contribution in [3.05, 3.63) is 29.3 Å². The predicted octanol–water partition coefficient (Wildman–Crippen LogP) is 3.35. The third-order valence-electron chi connectivity index (χ3n) is 4.22. The monoisotopic (exact) mass is 503 g/mol. The molecule has 1 aliphatic rings. The fourth-order valence-electron chi connectivity index (χ4n) is 2.86. The summed E-state index contributed by atoms with van der Waals surface area (Å²) in [4.78, 5) is 11.4. The van der Waals surface area contributed by atoms with Gasteiger partial charge in [0.1, 0.15) is 0 Å². The number of benzene rings is 1. The van der Waals surface area contributed by atoms with E-state index < -0.39 is 0 Å². The Kier molecular flexibility index (Phi) is 8.42. The molecule has 1 fully saturated rings. The van der Waals surface area contributed by atoms with Crippen molar-refractivity contribution in [2.45, 2.75) is 19.3 Å². The Bertz CT molecular complexity index is 762. The van der Waals surface area contributed by atoms with Crippen molar-refractivity contribution in [1.82, 2.24) is 4.98 Å². The highest BCUT2D eigenvalue weighted by Gasteiger charge is 2.15. The number of rotatable bonds is 7. The third kappa shape index (κ3) is 5.86. The van der Waals surface area contributed by atoms with E-state index in [1.165, 1.54) is 12.8 Å². The van der Waals surface area contributed by atoms with Crippen LogP contribution in [0.15, 0.2) is 28.6 Å². The molecule has 3 rings (SSSR count). The van der Waals surface area contributed by atoms with E-state index in [0.29, 0.717) is 24.0 Å². The number of aliphatic imine (C=N–C) groups is 1. The van der Waals surface area contributed by atoms with E-state index in [4.69, 9.17) is 20.2 Å². The van der Waals surface area contributed by atoms with Gasteiger partial charge in [-0.2, -0.15) is 0 Å². The lowest BCUT2D eigenvalue weighted by Crippen LogP contribution is -2.23. The molecule has 3 N–H and O–H groups in total. The second-order valence-electron chi connectivity index (χ2n) is 6.03. The molecule has 1 saturated heterocycles. The number of anilines is 2. The SMILES string of the molecule is COc1ccc(NC(N)=NCCc2csc(N3CCCC3)n2)cc1OC.I. The summed E-state index contributed by atoms with van der Waals surface area (Å²) in [5.41, 5.74) is 7.85. The molecule has 0 unspecified atom stereocenters. The normalized spacial score (nSPS) is 14.0. The summed E-state index contributed by atoms with van der Waals surface area (Å²) in [5.74, 6) is 1.68. The number of halogens is 1. The number of nitrogens with one attached hydrogen (secondary N) is 1. The van der Waals surface area contributed by atoms with Crippen LogP contribution >= 0.6 is 35.3 Å². The van der Waals surface area contributed by atoms with Crippen molar-refractivity contribution >= 4 is 52.1 Å². The lowest BCUT2D eigenvalue weighted by molar-refractivity contribution is 0.355. The van der Waals surface area contributed by atoms with Crippen LogP contribution in [-0.4, -0.2) is 44.8 Å². The highest BCUT2D eigenvalue weighted by atomic mass is 127. The zero-order valence-electron chi connectivity index (χ0n) is 15.6. The number of guanidine groups is 1. The minimum absolute atomic E-state index is 0. The zero-order valence-corrected chi connectivity index (χ0v) is 18.8. The fraction of sp³-hybridized carbons (Fsp3) is 0.444. The molecule has 1 aromatic carbocycles. The molecule has 1 aliphatic heterocycles. The van der Waals surface area contributed by atoms with Crippen LogP contribution < -0.4 is 25.4 Å². The van der Waals surface area contributed by atoms with E-state index in [0.717, 1.165) is 36.0 Å². The largest absolute Gasteiger partial charge is 0.493 e. The molecular formula is C18H26IN5O2S. The van der Waals surface area contributed by atoms with E-state index in [-0.39, 0.29) is 24.0 Å². The number of ether oxygens (including phenoxy) is 2. The quantitative estimate of drug-likeness (QED) is 0.343. The van der Waals surface area contributed by atoms with E-state index in [9.17, 15) is 0 Å². The van der Waals surface area contributed by atoms with E-state index in [1.54, 1.807) is 25.6 Å². The summed E-state index contributed by atoms with van der Waals surface area (Å²) < 4.78 is 10.5. The van der Waals surface area contributed by atoms with Crippen molar-refractivity contribution in [3.8, 4) is 11.5 Å². The predicted molar refractivity (Wildman–Crippen MR) is 122 cm³/mol. The smallest absolute Gasteiger partial charge is 0.193 e. The molecule has 148 valence electrons. The Labute approximate surface area is 181 Å². The molecule has 2 aromatic rings. The first-order valence-electron chi connectivity index (χ1n) is 8.68. The zero-order chi connectivity index (χ0) is 18.4. The molecule has 27 heavy (non-hydrogen) atoms. The van der Waals surface area contributed by atoms with Gasteiger partial charge in [-0.1, -0.05) is 0 Å². The minimum Gasteiger partial charge on any atom is -0.493 e. The first-order chi connectivity index (χ1) is 12.7. The number of methoxy groups -OCH3 is 2. The van der Waals surface area contributed by atoms with Gasteiger partial charge in [-0.05, 0) is 25.0 Å². The van der Waals surface area contributed by atoms with E-state index in [2.05, 4.69) is 20.6 Å². The first-order valence-corrected chi connectivity index (χ1v) is 9.56.